The van der Waals surface area contributed by atoms with E-state index in [1.807, 2.05) is 30.3 Å². The first-order valence-corrected chi connectivity index (χ1v) is 7.94. The summed E-state index contributed by atoms with van der Waals surface area (Å²) in [5.74, 6) is 0.766. The minimum atomic E-state index is -2.95. The van der Waals surface area contributed by atoms with Crippen molar-refractivity contribution in [2.45, 2.75) is 10.6 Å². The van der Waals surface area contributed by atoms with Crippen LogP contribution in [0.4, 0.5) is 4.79 Å². The van der Waals surface area contributed by atoms with Gasteiger partial charge in [0.05, 0.1) is 22.6 Å². The lowest BCUT2D eigenvalue weighted by molar-refractivity contribution is 0.257. The summed E-state index contributed by atoms with van der Waals surface area (Å²) in [6.45, 7) is 0. The molecule has 0 aliphatic rings. The fourth-order valence-electron chi connectivity index (χ4n) is 1.90. The molecule has 1 unspecified atom stereocenters. The highest BCUT2D eigenvalue weighted by molar-refractivity contribution is 7.93. The zero-order valence-corrected chi connectivity index (χ0v) is 12.4. The molecule has 2 aromatic carbocycles. The van der Waals surface area contributed by atoms with Crippen LogP contribution in [0.3, 0.4) is 0 Å². The van der Waals surface area contributed by atoms with Gasteiger partial charge in [0, 0.05) is 4.90 Å². The van der Waals surface area contributed by atoms with Crippen LogP contribution in [0.25, 0.3) is 0 Å². The molecule has 0 aromatic heterocycles. The number of ether oxygens (including phenoxy) is 1. The lowest BCUT2D eigenvalue weighted by Gasteiger charge is -2.10. The summed E-state index contributed by atoms with van der Waals surface area (Å²) in [6.07, 6.45) is 0. The maximum atomic E-state index is 13.1. The first-order valence-electron chi connectivity index (χ1n) is 6.26. The van der Waals surface area contributed by atoms with Gasteiger partial charge in [0.1, 0.15) is 5.75 Å². The molecule has 0 fully saturated rings. The maximum absolute atomic E-state index is 13.1. The Morgan fingerprint density at radius 2 is 1.76 bits per heavy atom. The fourth-order valence-corrected chi connectivity index (χ4v) is 3.74. The van der Waals surface area contributed by atoms with Gasteiger partial charge < -0.3 is 10.5 Å². The van der Waals surface area contributed by atoms with E-state index in [0.29, 0.717) is 10.6 Å². The van der Waals surface area contributed by atoms with E-state index in [4.69, 9.17) is 10.5 Å². The second-order valence-corrected chi connectivity index (χ2v) is 6.60. The van der Waals surface area contributed by atoms with Gasteiger partial charge in [-0.1, -0.05) is 30.3 Å². The number of primary amides is 1. The molecule has 2 N–H and O–H groups in total. The highest BCUT2D eigenvalue weighted by Gasteiger charge is 2.15. The highest BCUT2D eigenvalue weighted by atomic mass is 32.2. The van der Waals surface area contributed by atoms with Crippen molar-refractivity contribution >= 4 is 15.8 Å². The van der Waals surface area contributed by atoms with Gasteiger partial charge in [-0.25, -0.2) is 9.00 Å². The standard InChI is InChI=1S/C15H16N2O3S/c1-20-13-7-9-14(10-8-13)21(19,17-15(16)18)11-12-5-3-2-4-6-12/h2-10H,11H2,1H3,(H2,16,18). The van der Waals surface area contributed by atoms with Gasteiger partial charge >= 0.3 is 6.03 Å². The third-order valence-electron chi connectivity index (χ3n) is 2.87. The molecular formula is C15H16N2O3S. The summed E-state index contributed by atoms with van der Waals surface area (Å²) in [6, 6.07) is 14.9. The molecule has 0 saturated heterocycles. The number of carbonyl (C=O) groups excluding carboxylic acids is 1. The maximum Gasteiger partial charge on any atom is 0.346 e. The van der Waals surface area contributed by atoms with Gasteiger partial charge in [-0.3, -0.25) is 0 Å². The molecule has 1 atom stereocenters. The van der Waals surface area contributed by atoms with Crippen molar-refractivity contribution in [1.29, 1.82) is 0 Å². The van der Waals surface area contributed by atoms with Gasteiger partial charge in [0.15, 0.2) is 0 Å². The van der Waals surface area contributed by atoms with Gasteiger partial charge in [0.25, 0.3) is 0 Å². The molecule has 0 spiro atoms. The number of nitrogens with two attached hydrogens (primary N) is 1. The SMILES string of the molecule is COc1ccc(S(=O)(Cc2ccccc2)=NC(N)=O)cc1. The van der Waals surface area contributed by atoms with Crippen LogP contribution in [0.15, 0.2) is 63.9 Å². The molecule has 5 nitrogen and oxygen atoms in total. The molecule has 2 amide bonds. The van der Waals surface area contributed by atoms with E-state index in [1.54, 1.807) is 31.4 Å². The Labute approximate surface area is 123 Å². The Hall–Kier alpha value is -2.34. The Balaban J connectivity index is 2.46. The van der Waals surface area contributed by atoms with E-state index < -0.39 is 15.8 Å². The number of hydrogen-bond acceptors (Lipinski definition) is 3. The average molecular weight is 304 g/mol. The lowest BCUT2D eigenvalue weighted by atomic mass is 10.2. The van der Waals surface area contributed by atoms with Crippen molar-refractivity contribution in [2.24, 2.45) is 10.1 Å². The second kappa shape index (κ2) is 6.41. The van der Waals surface area contributed by atoms with Gasteiger partial charge in [-0.15, -0.1) is 4.36 Å². The largest absolute Gasteiger partial charge is 0.497 e. The Kier molecular flexibility index (Phi) is 4.59. The fraction of sp³-hybridized carbons (Fsp3) is 0.133. The number of urea groups is 1. The van der Waals surface area contributed by atoms with E-state index in [9.17, 15) is 9.00 Å². The van der Waals surface area contributed by atoms with E-state index in [-0.39, 0.29) is 5.75 Å². The predicted molar refractivity (Wildman–Crippen MR) is 81.6 cm³/mol. The summed E-state index contributed by atoms with van der Waals surface area (Å²) < 4.78 is 21.8. The smallest absolute Gasteiger partial charge is 0.346 e. The normalized spacial score (nSPS) is 13.2. The van der Waals surface area contributed by atoms with Crippen LogP contribution >= 0.6 is 0 Å². The number of benzene rings is 2. The molecule has 6 heteroatoms. The second-order valence-electron chi connectivity index (χ2n) is 4.38. The summed E-state index contributed by atoms with van der Waals surface area (Å²) in [5, 5.41) is 0. The monoisotopic (exact) mass is 304 g/mol. The van der Waals surface area contributed by atoms with Crippen LogP contribution in [0.1, 0.15) is 5.56 Å². The van der Waals surface area contributed by atoms with Crippen molar-refractivity contribution < 1.29 is 13.7 Å². The van der Waals surface area contributed by atoms with Crippen LogP contribution in [-0.4, -0.2) is 17.3 Å². The number of rotatable bonds is 4. The molecule has 0 radical (unpaired) electrons. The molecule has 110 valence electrons. The van der Waals surface area contributed by atoms with Crippen molar-refractivity contribution in [1.82, 2.24) is 0 Å². The molecule has 0 heterocycles. The van der Waals surface area contributed by atoms with Crippen molar-refractivity contribution in [2.75, 3.05) is 7.11 Å². The molecule has 21 heavy (non-hydrogen) atoms. The minimum absolute atomic E-state index is 0.128. The predicted octanol–water partition coefficient (Wildman–Crippen LogP) is 2.80. The lowest BCUT2D eigenvalue weighted by Crippen LogP contribution is -2.12. The van der Waals surface area contributed by atoms with Gasteiger partial charge in [-0.2, -0.15) is 0 Å². The first-order chi connectivity index (χ1) is 10.0. The number of amides is 2. The molecule has 2 rings (SSSR count). The molecule has 0 bridgehead atoms. The number of methoxy groups -OCH3 is 1. The summed E-state index contributed by atoms with van der Waals surface area (Å²) in [4.78, 5) is 11.6. The Morgan fingerprint density at radius 1 is 1.14 bits per heavy atom. The summed E-state index contributed by atoms with van der Waals surface area (Å²) in [7, 11) is -1.40. The molecule has 2 aromatic rings. The first kappa shape index (κ1) is 15.1. The van der Waals surface area contributed by atoms with Crippen molar-refractivity contribution in [3.8, 4) is 5.75 Å². The van der Waals surface area contributed by atoms with Gasteiger partial charge in [0.2, 0.25) is 0 Å². The zero-order chi connectivity index (χ0) is 15.3. The van der Waals surface area contributed by atoms with Crippen molar-refractivity contribution in [3.05, 3.63) is 60.2 Å². The number of carbonyl (C=O) groups is 1. The topological polar surface area (TPSA) is 81.8 Å². The van der Waals surface area contributed by atoms with E-state index in [1.165, 1.54) is 0 Å². The third-order valence-corrected chi connectivity index (χ3v) is 5.08. The van der Waals surface area contributed by atoms with E-state index >= 15 is 0 Å². The Bertz CT molecular complexity index is 733. The minimum Gasteiger partial charge on any atom is -0.497 e. The van der Waals surface area contributed by atoms with Gasteiger partial charge in [-0.05, 0) is 29.8 Å². The van der Waals surface area contributed by atoms with Crippen LogP contribution in [0.5, 0.6) is 5.75 Å². The van der Waals surface area contributed by atoms with Crippen LogP contribution in [-0.2, 0) is 15.5 Å². The average Bonchev–Trinajstić information content (AvgIpc) is 2.47. The zero-order valence-electron chi connectivity index (χ0n) is 11.6. The molecule has 0 aliphatic heterocycles. The van der Waals surface area contributed by atoms with Crippen LogP contribution in [0, 0.1) is 0 Å². The summed E-state index contributed by atoms with van der Waals surface area (Å²) in [5.41, 5.74) is 5.94. The van der Waals surface area contributed by atoms with Crippen molar-refractivity contribution in [3.63, 3.8) is 0 Å². The molecule has 0 aliphatic carbocycles. The van der Waals surface area contributed by atoms with E-state index in [2.05, 4.69) is 4.36 Å². The number of nitrogens with zero attached hydrogens (tertiary/aromatic N) is 1. The molecular weight excluding hydrogens is 288 g/mol. The highest BCUT2D eigenvalue weighted by Crippen LogP contribution is 2.22. The van der Waals surface area contributed by atoms with Crippen LogP contribution in [0.2, 0.25) is 0 Å². The molecule has 0 saturated carbocycles. The third kappa shape index (κ3) is 3.82. The van der Waals surface area contributed by atoms with E-state index in [0.717, 1.165) is 5.56 Å². The quantitative estimate of drug-likeness (QED) is 0.943. The number of hydrogen-bond donors (Lipinski definition) is 1. The summed E-state index contributed by atoms with van der Waals surface area (Å²) >= 11 is 0. The van der Waals surface area contributed by atoms with Crippen LogP contribution < -0.4 is 10.5 Å². The Morgan fingerprint density at radius 3 is 2.29 bits per heavy atom.